The van der Waals surface area contributed by atoms with Crippen molar-refractivity contribution in [2.45, 2.75) is 39.0 Å². The number of rotatable bonds is 8. The second kappa shape index (κ2) is 10.3. The molecule has 0 radical (unpaired) electrons. The van der Waals surface area contributed by atoms with Crippen LogP contribution in [-0.2, 0) is 14.8 Å². The molecule has 0 atom stereocenters. The number of sulfonamides is 1. The molecule has 0 aromatic heterocycles. The van der Waals surface area contributed by atoms with Gasteiger partial charge in [0, 0.05) is 19.2 Å². The van der Waals surface area contributed by atoms with Crippen LogP contribution >= 0.6 is 0 Å². The molecular formula is C22H33N3O3S. The highest BCUT2D eigenvalue weighted by atomic mass is 32.2. The van der Waals surface area contributed by atoms with Crippen LogP contribution in [0.25, 0.3) is 6.08 Å². The van der Waals surface area contributed by atoms with E-state index in [1.54, 1.807) is 18.2 Å². The minimum atomic E-state index is -3.16. The van der Waals surface area contributed by atoms with Crippen LogP contribution in [0.5, 0.6) is 0 Å². The Labute approximate surface area is 175 Å². The van der Waals surface area contributed by atoms with Crippen molar-refractivity contribution in [1.29, 1.82) is 0 Å². The van der Waals surface area contributed by atoms with Gasteiger partial charge in [0.2, 0.25) is 15.9 Å². The lowest BCUT2D eigenvalue weighted by Crippen LogP contribution is -2.34. The van der Waals surface area contributed by atoms with Crippen molar-refractivity contribution in [3.63, 3.8) is 0 Å². The summed E-state index contributed by atoms with van der Waals surface area (Å²) in [6.07, 6.45) is 8.66. The summed E-state index contributed by atoms with van der Waals surface area (Å²) in [6, 6.07) is 7.27. The Morgan fingerprint density at radius 3 is 2.52 bits per heavy atom. The molecule has 6 nitrogen and oxygen atoms in total. The summed E-state index contributed by atoms with van der Waals surface area (Å²) in [5.41, 5.74) is 1.56. The van der Waals surface area contributed by atoms with Gasteiger partial charge in [-0.25, -0.2) is 8.42 Å². The fourth-order valence-corrected chi connectivity index (χ4v) is 5.43. The fourth-order valence-electron chi connectivity index (χ4n) is 3.87. The highest BCUT2D eigenvalue weighted by molar-refractivity contribution is 7.93. The number of nitrogens with one attached hydrogen (secondary N) is 1. The molecule has 1 aromatic carbocycles. The summed E-state index contributed by atoms with van der Waals surface area (Å²) < 4.78 is 25.4. The number of carbonyl (C=O) groups excluding carboxylic acids is 1. The van der Waals surface area contributed by atoms with Gasteiger partial charge in [0.25, 0.3) is 0 Å². The molecule has 7 heteroatoms. The molecule has 2 fully saturated rings. The summed E-state index contributed by atoms with van der Waals surface area (Å²) in [4.78, 5) is 14.5. The normalized spacial score (nSPS) is 20.4. The van der Waals surface area contributed by atoms with E-state index in [1.807, 2.05) is 12.1 Å². The lowest BCUT2D eigenvalue weighted by atomic mass is 9.99. The number of unbranched alkanes of at least 4 members (excludes halogenated alkanes) is 1. The first-order valence-electron chi connectivity index (χ1n) is 10.7. The van der Waals surface area contributed by atoms with Gasteiger partial charge < -0.3 is 10.2 Å². The van der Waals surface area contributed by atoms with Gasteiger partial charge in [0.05, 0.1) is 11.4 Å². The van der Waals surface area contributed by atoms with Crippen molar-refractivity contribution >= 4 is 27.7 Å². The highest BCUT2D eigenvalue weighted by Crippen LogP contribution is 2.24. The molecule has 3 rings (SSSR count). The Morgan fingerprint density at radius 2 is 1.86 bits per heavy atom. The average molecular weight is 420 g/mol. The summed E-state index contributed by atoms with van der Waals surface area (Å²) in [6.45, 7) is 7.09. The van der Waals surface area contributed by atoms with E-state index in [0.717, 1.165) is 30.9 Å². The Bertz CT molecular complexity index is 797. The molecule has 2 aliphatic heterocycles. The SMILES string of the molecule is CC1CCN(CCCCNC(=O)C=Cc2ccc(N3CCCS3(=O)=O)cc2)CC1. The molecule has 1 N–H and O–H groups in total. The smallest absolute Gasteiger partial charge is 0.243 e. The maximum Gasteiger partial charge on any atom is 0.243 e. The highest BCUT2D eigenvalue weighted by Gasteiger charge is 2.28. The Morgan fingerprint density at radius 1 is 1.14 bits per heavy atom. The number of amides is 1. The lowest BCUT2D eigenvalue weighted by Gasteiger charge is -2.30. The molecule has 0 unspecified atom stereocenters. The van der Waals surface area contributed by atoms with Crippen molar-refractivity contribution in [2.24, 2.45) is 5.92 Å². The first-order valence-corrected chi connectivity index (χ1v) is 12.3. The van der Waals surface area contributed by atoms with Crippen LogP contribution in [0.15, 0.2) is 30.3 Å². The zero-order valence-corrected chi connectivity index (χ0v) is 18.2. The summed E-state index contributed by atoms with van der Waals surface area (Å²) >= 11 is 0. The predicted octanol–water partition coefficient (Wildman–Crippen LogP) is 2.87. The van der Waals surface area contributed by atoms with E-state index in [9.17, 15) is 13.2 Å². The minimum Gasteiger partial charge on any atom is -0.353 e. The molecule has 0 spiro atoms. The molecule has 0 aliphatic carbocycles. The van der Waals surface area contributed by atoms with E-state index in [0.29, 0.717) is 25.2 Å². The minimum absolute atomic E-state index is 0.0944. The van der Waals surface area contributed by atoms with Crippen LogP contribution in [0.4, 0.5) is 5.69 Å². The first-order chi connectivity index (χ1) is 13.9. The third kappa shape index (κ3) is 6.57. The zero-order chi connectivity index (χ0) is 20.7. The molecule has 0 saturated carbocycles. The van der Waals surface area contributed by atoms with Gasteiger partial charge >= 0.3 is 0 Å². The van der Waals surface area contributed by atoms with E-state index in [4.69, 9.17) is 0 Å². The number of piperidine rings is 1. The molecule has 2 heterocycles. The van der Waals surface area contributed by atoms with Gasteiger partial charge in [-0.3, -0.25) is 9.10 Å². The third-order valence-corrected chi connectivity index (χ3v) is 7.65. The zero-order valence-electron chi connectivity index (χ0n) is 17.3. The Kier molecular flexibility index (Phi) is 7.72. The number of hydrogen-bond acceptors (Lipinski definition) is 4. The van der Waals surface area contributed by atoms with Crippen molar-refractivity contribution in [1.82, 2.24) is 10.2 Å². The second-order valence-corrected chi connectivity index (χ2v) is 10.2. The number of hydrogen-bond donors (Lipinski definition) is 1. The maximum absolute atomic E-state index is 12.0. The summed E-state index contributed by atoms with van der Waals surface area (Å²) in [5, 5.41) is 2.93. The van der Waals surface area contributed by atoms with Gasteiger partial charge in [0.1, 0.15) is 0 Å². The molecule has 160 valence electrons. The average Bonchev–Trinajstić information content (AvgIpc) is 3.07. The maximum atomic E-state index is 12.0. The van der Waals surface area contributed by atoms with E-state index in [1.165, 1.54) is 36.3 Å². The quantitative estimate of drug-likeness (QED) is 0.520. The number of likely N-dealkylation sites (tertiary alicyclic amines) is 1. The number of carbonyl (C=O) groups is 1. The molecule has 1 amide bonds. The monoisotopic (exact) mass is 419 g/mol. The van der Waals surface area contributed by atoms with Crippen LogP contribution in [0.2, 0.25) is 0 Å². The Hall–Kier alpha value is -1.86. The largest absolute Gasteiger partial charge is 0.353 e. The van der Waals surface area contributed by atoms with Crippen LogP contribution in [0, 0.1) is 5.92 Å². The van der Waals surface area contributed by atoms with Crippen LogP contribution in [-0.4, -0.2) is 57.7 Å². The van der Waals surface area contributed by atoms with Crippen LogP contribution in [0.1, 0.15) is 44.6 Å². The molecule has 1 aromatic rings. The van der Waals surface area contributed by atoms with E-state index < -0.39 is 10.0 Å². The number of anilines is 1. The molecular weight excluding hydrogens is 386 g/mol. The third-order valence-electron chi connectivity index (χ3n) is 5.78. The topological polar surface area (TPSA) is 69.7 Å². The van der Waals surface area contributed by atoms with Gasteiger partial charge in [-0.05, 0) is 81.4 Å². The second-order valence-electron chi connectivity index (χ2n) is 8.19. The van der Waals surface area contributed by atoms with E-state index >= 15 is 0 Å². The van der Waals surface area contributed by atoms with Crippen LogP contribution < -0.4 is 9.62 Å². The predicted molar refractivity (Wildman–Crippen MR) is 118 cm³/mol. The van der Waals surface area contributed by atoms with Crippen molar-refractivity contribution < 1.29 is 13.2 Å². The van der Waals surface area contributed by atoms with Gasteiger partial charge in [-0.2, -0.15) is 0 Å². The fraction of sp³-hybridized carbons (Fsp3) is 0.591. The van der Waals surface area contributed by atoms with Crippen LogP contribution in [0.3, 0.4) is 0 Å². The van der Waals surface area contributed by atoms with Crippen molar-refractivity contribution in [3.05, 3.63) is 35.9 Å². The summed E-state index contributed by atoms with van der Waals surface area (Å²) in [5.74, 6) is 0.983. The summed E-state index contributed by atoms with van der Waals surface area (Å²) in [7, 11) is -3.16. The first kappa shape index (κ1) is 21.8. The standard InChI is InChI=1S/C22H33N3O3S/c1-19-11-16-24(17-12-19)14-3-2-13-23-22(26)10-7-20-5-8-21(9-6-20)25-15-4-18-29(25,27)28/h5-10,19H,2-4,11-18H2,1H3,(H,23,26). The van der Waals surface area contributed by atoms with Gasteiger partial charge in [0.15, 0.2) is 0 Å². The molecule has 0 bridgehead atoms. The molecule has 29 heavy (non-hydrogen) atoms. The Balaban J connectivity index is 1.35. The van der Waals surface area contributed by atoms with Gasteiger partial charge in [-0.1, -0.05) is 19.1 Å². The van der Waals surface area contributed by atoms with E-state index in [-0.39, 0.29) is 11.7 Å². The van der Waals surface area contributed by atoms with Gasteiger partial charge in [-0.15, -0.1) is 0 Å². The van der Waals surface area contributed by atoms with Crippen molar-refractivity contribution in [2.75, 3.05) is 42.8 Å². The number of nitrogens with zero attached hydrogens (tertiary/aromatic N) is 2. The molecule has 2 saturated heterocycles. The van der Waals surface area contributed by atoms with E-state index in [2.05, 4.69) is 17.1 Å². The molecule has 2 aliphatic rings. The van der Waals surface area contributed by atoms with Crippen molar-refractivity contribution in [3.8, 4) is 0 Å². The number of benzene rings is 1. The lowest BCUT2D eigenvalue weighted by molar-refractivity contribution is -0.116.